The summed E-state index contributed by atoms with van der Waals surface area (Å²) in [5.74, 6) is 2.37. The first-order valence-electron chi connectivity index (χ1n) is 19.7. The lowest BCUT2D eigenvalue weighted by Gasteiger charge is -2.70. The number of rotatable bonds is 15. The van der Waals surface area contributed by atoms with Gasteiger partial charge in [0.15, 0.2) is 0 Å². The molecule has 0 saturated heterocycles. The molecule has 3 heteroatoms. The molecule has 0 spiro atoms. The molecular weight excluding hydrogens is 552 g/mol. The number of carbonyl (C=O) groups excluding carboxylic acids is 1. The van der Waals surface area contributed by atoms with E-state index in [4.69, 9.17) is 4.74 Å². The first-order chi connectivity index (χ1) is 21.1. The van der Waals surface area contributed by atoms with Crippen LogP contribution in [0.15, 0.2) is 11.6 Å². The van der Waals surface area contributed by atoms with Crippen LogP contribution in [0.2, 0.25) is 0 Å². The predicted octanol–water partition coefficient (Wildman–Crippen LogP) is 12.0. The van der Waals surface area contributed by atoms with Crippen LogP contribution in [0.25, 0.3) is 0 Å². The number of carbonyl (C=O) groups is 1. The Balaban J connectivity index is 1.36. The molecule has 4 rings (SSSR count). The molecule has 4 aliphatic carbocycles. The first kappa shape index (κ1) is 37.0. The minimum atomic E-state index is -0.586. The molecule has 3 nitrogen and oxygen atoms in total. The van der Waals surface area contributed by atoms with E-state index >= 15 is 0 Å². The average Bonchev–Trinajstić information content (AvgIpc) is 3.32. The number of hydrogen-bond acceptors (Lipinski definition) is 3. The minimum absolute atomic E-state index is 0.00699. The molecule has 9 atom stereocenters. The topological polar surface area (TPSA) is 46.5 Å². The lowest BCUT2D eigenvalue weighted by Crippen LogP contribution is -2.64. The van der Waals surface area contributed by atoms with E-state index < -0.39 is 5.60 Å². The molecule has 0 aromatic carbocycles. The summed E-state index contributed by atoms with van der Waals surface area (Å²) in [7, 11) is 0. The van der Waals surface area contributed by atoms with Gasteiger partial charge in [0.1, 0.15) is 6.10 Å². The fourth-order valence-electron chi connectivity index (χ4n) is 12.3. The molecule has 260 valence electrons. The number of aliphatic hydroxyl groups is 1. The van der Waals surface area contributed by atoms with Crippen molar-refractivity contribution < 1.29 is 14.6 Å². The van der Waals surface area contributed by atoms with Crippen LogP contribution in [0.3, 0.4) is 0 Å². The molecule has 0 bridgehead atoms. The van der Waals surface area contributed by atoms with Crippen LogP contribution in [0, 0.1) is 45.3 Å². The summed E-state index contributed by atoms with van der Waals surface area (Å²) in [6.07, 6.45) is 26.0. The Morgan fingerprint density at radius 3 is 2.07 bits per heavy atom. The van der Waals surface area contributed by atoms with Crippen molar-refractivity contribution in [3.63, 3.8) is 0 Å². The quantitative estimate of drug-likeness (QED) is 0.112. The van der Waals surface area contributed by atoms with Crippen molar-refractivity contribution in [2.45, 2.75) is 202 Å². The first-order valence-corrected chi connectivity index (χ1v) is 19.7. The summed E-state index contributed by atoms with van der Waals surface area (Å²) in [5.41, 5.74) is 1.66. The van der Waals surface area contributed by atoms with Crippen LogP contribution in [-0.2, 0) is 9.53 Å². The van der Waals surface area contributed by atoms with Crippen LogP contribution in [0.4, 0.5) is 0 Å². The third kappa shape index (κ3) is 7.44. The molecule has 0 aliphatic heterocycles. The summed E-state index contributed by atoms with van der Waals surface area (Å²) in [5, 5.41) is 11.8. The Kier molecular flexibility index (Phi) is 12.1. The predicted molar refractivity (Wildman–Crippen MR) is 190 cm³/mol. The molecule has 0 amide bonds. The number of esters is 1. The van der Waals surface area contributed by atoms with Gasteiger partial charge in [0.25, 0.3) is 0 Å². The zero-order valence-electron chi connectivity index (χ0n) is 31.4. The molecule has 4 saturated carbocycles. The number of hydrogen-bond donors (Lipinski definition) is 1. The van der Waals surface area contributed by atoms with E-state index in [-0.39, 0.29) is 28.3 Å². The number of fused-ring (bicyclic) bond motifs is 5. The van der Waals surface area contributed by atoms with Gasteiger partial charge in [-0.25, -0.2) is 0 Å². The lowest BCUT2D eigenvalue weighted by atomic mass is 9.35. The second-order valence-electron chi connectivity index (χ2n) is 18.4. The number of unbranched alkanes of at least 4 members (excludes halogenated alkanes) is 8. The molecule has 0 aromatic rings. The standard InChI is InChI=1S/C42H74O3/c1-10-11-12-13-14-15-16-17-18-21-37(43)45-36-26-28-39(6)34(38(36,4)5)25-30-41(8)35(39)23-22-32-33(24-29-40(32,41)7)42(9,44)27-19-20-31(2)3/h20,32-36,44H,10-19,21-30H2,1-9H3/t32-,33+,34+,35-,36+,39+,40-,41-,42+/m1/s1. The van der Waals surface area contributed by atoms with E-state index in [0.29, 0.717) is 35.5 Å². The summed E-state index contributed by atoms with van der Waals surface area (Å²) in [4.78, 5) is 13.1. The molecule has 1 N–H and O–H groups in total. The number of allylic oxidation sites excluding steroid dienone is 2. The molecule has 0 unspecified atom stereocenters. The second-order valence-corrected chi connectivity index (χ2v) is 18.4. The van der Waals surface area contributed by atoms with Crippen molar-refractivity contribution in [1.82, 2.24) is 0 Å². The van der Waals surface area contributed by atoms with Crippen molar-refractivity contribution in [2.24, 2.45) is 45.3 Å². The van der Waals surface area contributed by atoms with Gasteiger partial charge in [-0.05, 0) is 131 Å². The van der Waals surface area contributed by atoms with Gasteiger partial charge in [-0.1, -0.05) is 105 Å². The molecule has 4 fully saturated rings. The van der Waals surface area contributed by atoms with E-state index in [1.165, 1.54) is 95.5 Å². The Morgan fingerprint density at radius 1 is 0.800 bits per heavy atom. The normalized spacial score (nSPS) is 38.4. The maximum absolute atomic E-state index is 13.1. The molecule has 0 heterocycles. The number of ether oxygens (including phenoxy) is 1. The summed E-state index contributed by atoms with van der Waals surface area (Å²) >= 11 is 0. The lowest BCUT2D eigenvalue weighted by molar-refractivity contribution is -0.230. The molecule has 0 aromatic heterocycles. The maximum atomic E-state index is 13.1. The van der Waals surface area contributed by atoms with Crippen LogP contribution in [-0.4, -0.2) is 22.8 Å². The van der Waals surface area contributed by atoms with Crippen LogP contribution < -0.4 is 0 Å². The van der Waals surface area contributed by atoms with Crippen molar-refractivity contribution in [2.75, 3.05) is 0 Å². The third-order valence-electron chi connectivity index (χ3n) is 15.1. The fraction of sp³-hybridized carbons (Fsp3) is 0.929. The van der Waals surface area contributed by atoms with Crippen molar-refractivity contribution in [1.29, 1.82) is 0 Å². The average molecular weight is 627 g/mol. The molecular formula is C42H74O3. The van der Waals surface area contributed by atoms with Gasteiger partial charge in [0.05, 0.1) is 5.60 Å². The smallest absolute Gasteiger partial charge is 0.306 e. The van der Waals surface area contributed by atoms with Crippen LogP contribution in [0.1, 0.15) is 191 Å². The minimum Gasteiger partial charge on any atom is -0.462 e. The van der Waals surface area contributed by atoms with Gasteiger partial charge >= 0.3 is 5.97 Å². The fourth-order valence-corrected chi connectivity index (χ4v) is 12.3. The Labute approximate surface area is 279 Å². The van der Waals surface area contributed by atoms with Gasteiger partial charge in [-0.15, -0.1) is 0 Å². The molecule has 45 heavy (non-hydrogen) atoms. The van der Waals surface area contributed by atoms with E-state index in [0.717, 1.165) is 32.1 Å². The largest absolute Gasteiger partial charge is 0.462 e. The van der Waals surface area contributed by atoms with Gasteiger partial charge in [0, 0.05) is 11.8 Å². The highest BCUT2D eigenvalue weighted by Gasteiger charge is 2.69. The summed E-state index contributed by atoms with van der Waals surface area (Å²) in [6, 6.07) is 0. The van der Waals surface area contributed by atoms with E-state index in [1.807, 2.05) is 0 Å². The Morgan fingerprint density at radius 2 is 1.42 bits per heavy atom. The zero-order chi connectivity index (χ0) is 33.1. The van der Waals surface area contributed by atoms with Crippen LogP contribution >= 0.6 is 0 Å². The monoisotopic (exact) mass is 627 g/mol. The third-order valence-corrected chi connectivity index (χ3v) is 15.1. The van der Waals surface area contributed by atoms with Gasteiger partial charge in [-0.3, -0.25) is 4.79 Å². The van der Waals surface area contributed by atoms with Gasteiger partial charge < -0.3 is 9.84 Å². The van der Waals surface area contributed by atoms with Crippen molar-refractivity contribution in [3.8, 4) is 0 Å². The zero-order valence-corrected chi connectivity index (χ0v) is 31.4. The van der Waals surface area contributed by atoms with E-state index in [9.17, 15) is 9.90 Å². The van der Waals surface area contributed by atoms with Crippen molar-refractivity contribution in [3.05, 3.63) is 11.6 Å². The summed E-state index contributed by atoms with van der Waals surface area (Å²) < 4.78 is 6.35. The van der Waals surface area contributed by atoms with Crippen molar-refractivity contribution >= 4 is 5.97 Å². The molecule has 0 radical (unpaired) electrons. The Bertz CT molecular complexity index is 1010. The summed E-state index contributed by atoms with van der Waals surface area (Å²) in [6.45, 7) is 21.5. The van der Waals surface area contributed by atoms with Gasteiger partial charge in [0.2, 0.25) is 0 Å². The second kappa shape index (κ2) is 14.7. The highest BCUT2D eigenvalue weighted by Crippen LogP contribution is 2.76. The SMILES string of the molecule is CCCCCCCCCCCC(=O)O[C@H]1CC[C@]2(C)[C@H]3CC[C@@H]4[C@@H]([C@@](C)(O)CCC=C(C)C)CC[C@@]4(C)[C@]3(C)CC[C@H]2C1(C)C. The van der Waals surface area contributed by atoms with E-state index in [2.05, 4.69) is 68.4 Å². The highest BCUT2D eigenvalue weighted by molar-refractivity contribution is 5.69. The van der Waals surface area contributed by atoms with Crippen LogP contribution in [0.5, 0.6) is 0 Å². The molecule has 4 aliphatic rings. The highest BCUT2D eigenvalue weighted by atomic mass is 16.5. The Hall–Kier alpha value is -0.830. The van der Waals surface area contributed by atoms with E-state index in [1.54, 1.807) is 0 Å². The maximum Gasteiger partial charge on any atom is 0.306 e. The van der Waals surface area contributed by atoms with Gasteiger partial charge in [-0.2, -0.15) is 0 Å².